The Bertz CT molecular complexity index is 740. The van der Waals surface area contributed by atoms with Gasteiger partial charge in [0.2, 0.25) is 16.0 Å². The summed E-state index contributed by atoms with van der Waals surface area (Å²) in [6.07, 6.45) is 12.1. The van der Waals surface area contributed by atoms with Gasteiger partial charge in [0.25, 0.3) is 0 Å². The highest BCUT2D eigenvalue weighted by molar-refractivity contribution is 7.88. The van der Waals surface area contributed by atoms with Crippen molar-refractivity contribution in [1.82, 2.24) is 14.3 Å². The van der Waals surface area contributed by atoms with Gasteiger partial charge in [-0.1, -0.05) is 19.3 Å². The highest BCUT2D eigenvalue weighted by Gasteiger charge is 2.25. The minimum atomic E-state index is -3.12. The molecule has 0 bridgehead atoms. The second-order valence-electron chi connectivity index (χ2n) is 7.61. The third kappa shape index (κ3) is 5.62. The number of piperidine rings is 1. The van der Waals surface area contributed by atoms with Gasteiger partial charge in [-0.2, -0.15) is 4.98 Å². The van der Waals surface area contributed by atoms with E-state index in [1.807, 2.05) is 0 Å². The molecule has 0 atom stereocenters. The van der Waals surface area contributed by atoms with Gasteiger partial charge in [0.05, 0.1) is 11.8 Å². The van der Waals surface area contributed by atoms with Gasteiger partial charge in [-0.15, -0.1) is 0 Å². The van der Waals surface area contributed by atoms with Crippen LogP contribution in [0, 0.1) is 11.3 Å². The molecule has 0 amide bonds. The van der Waals surface area contributed by atoms with E-state index < -0.39 is 10.0 Å². The molecule has 0 spiro atoms. The normalized spacial score (nSPS) is 20.3. The topological polar surface area (TPSA) is 111 Å². The molecule has 1 aromatic rings. The minimum absolute atomic E-state index is 0.153. The summed E-state index contributed by atoms with van der Waals surface area (Å²) in [6, 6.07) is 0.153. The molecule has 1 aromatic heterocycles. The molecule has 1 saturated carbocycles. The van der Waals surface area contributed by atoms with E-state index >= 15 is 0 Å². The zero-order chi connectivity index (χ0) is 19.3. The standard InChI is InChI=1S/C18H30N6O2S/c1-27(25,26)24-9-7-16(8-10-24)22-18-21-13-15(11-19)17(23-18)20-12-14-5-3-2-4-6-14/h11,13-14,16,19H,2-10,12H2,1H3,(H2,20,21,22,23). The maximum Gasteiger partial charge on any atom is 0.224 e. The zero-order valence-corrected chi connectivity index (χ0v) is 16.8. The van der Waals surface area contributed by atoms with Crippen molar-refractivity contribution in [3.8, 4) is 0 Å². The molecule has 0 aromatic carbocycles. The number of hydrogen-bond donors (Lipinski definition) is 3. The van der Waals surface area contributed by atoms with Crippen molar-refractivity contribution in [2.24, 2.45) is 5.92 Å². The first-order valence-corrected chi connectivity index (χ1v) is 11.6. The second kappa shape index (κ2) is 8.97. The Balaban J connectivity index is 1.58. The molecule has 27 heavy (non-hydrogen) atoms. The van der Waals surface area contributed by atoms with Gasteiger partial charge in [0.1, 0.15) is 5.82 Å². The number of anilines is 2. The van der Waals surface area contributed by atoms with Crippen LogP contribution in [0.5, 0.6) is 0 Å². The van der Waals surface area contributed by atoms with Crippen molar-refractivity contribution >= 4 is 28.0 Å². The Morgan fingerprint density at radius 2 is 1.93 bits per heavy atom. The number of hydrogen-bond acceptors (Lipinski definition) is 7. The predicted octanol–water partition coefficient (Wildman–Crippen LogP) is 2.30. The summed E-state index contributed by atoms with van der Waals surface area (Å²) in [5, 5.41) is 14.3. The molecule has 0 radical (unpaired) electrons. The molecule has 3 N–H and O–H groups in total. The number of nitrogens with one attached hydrogen (secondary N) is 3. The lowest BCUT2D eigenvalue weighted by Crippen LogP contribution is -2.42. The molecule has 1 aliphatic heterocycles. The first-order chi connectivity index (χ1) is 13.0. The molecule has 9 heteroatoms. The van der Waals surface area contributed by atoms with Gasteiger partial charge < -0.3 is 16.0 Å². The lowest BCUT2D eigenvalue weighted by molar-refractivity contribution is 0.331. The molecule has 0 unspecified atom stereocenters. The number of rotatable bonds is 7. The van der Waals surface area contributed by atoms with Gasteiger partial charge in [0.15, 0.2) is 0 Å². The van der Waals surface area contributed by atoms with Crippen molar-refractivity contribution in [3.05, 3.63) is 11.8 Å². The monoisotopic (exact) mass is 394 g/mol. The van der Waals surface area contributed by atoms with Gasteiger partial charge in [0, 0.05) is 38.1 Å². The number of sulfonamides is 1. The van der Waals surface area contributed by atoms with Gasteiger partial charge in [-0.05, 0) is 31.6 Å². The molecule has 1 saturated heterocycles. The van der Waals surface area contributed by atoms with E-state index in [0.29, 0.717) is 36.3 Å². The van der Waals surface area contributed by atoms with Crippen LogP contribution in [0.15, 0.2) is 6.20 Å². The molecular weight excluding hydrogens is 364 g/mol. The SMILES string of the molecule is CS(=O)(=O)N1CCC(Nc2ncc(C=N)c(NCC3CCCCC3)n2)CC1. The lowest BCUT2D eigenvalue weighted by atomic mass is 9.89. The van der Waals surface area contributed by atoms with E-state index in [4.69, 9.17) is 5.41 Å². The molecule has 2 aliphatic rings. The Kier molecular flexibility index (Phi) is 6.64. The molecule has 1 aliphatic carbocycles. The fraction of sp³-hybridized carbons (Fsp3) is 0.722. The van der Waals surface area contributed by atoms with Crippen LogP contribution in [0.3, 0.4) is 0 Å². The summed E-state index contributed by atoms with van der Waals surface area (Å²) >= 11 is 0. The summed E-state index contributed by atoms with van der Waals surface area (Å²) in [4.78, 5) is 8.89. The number of nitrogens with zero attached hydrogens (tertiary/aromatic N) is 3. The second-order valence-corrected chi connectivity index (χ2v) is 9.59. The highest BCUT2D eigenvalue weighted by Crippen LogP contribution is 2.24. The minimum Gasteiger partial charge on any atom is -0.369 e. The molecule has 3 rings (SSSR count). The van der Waals surface area contributed by atoms with Crippen LogP contribution in [-0.4, -0.2) is 60.8 Å². The average molecular weight is 395 g/mol. The van der Waals surface area contributed by atoms with E-state index in [2.05, 4.69) is 20.6 Å². The van der Waals surface area contributed by atoms with Gasteiger partial charge >= 0.3 is 0 Å². The Morgan fingerprint density at radius 3 is 2.56 bits per heavy atom. The van der Waals surface area contributed by atoms with E-state index in [0.717, 1.165) is 19.4 Å². The quantitative estimate of drug-likeness (QED) is 0.612. The van der Waals surface area contributed by atoms with Crippen molar-refractivity contribution < 1.29 is 8.42 Å². The Labute approximate surface area is 161 Å². The van der Waals surface area contributed by atoms with Crippen LogP contribution in [-0.2, 0) is 10.0 Å². The van der Waals surface area contributed by atoms with Gasteiger partial charge in [-0.25, -0.2) is 17.7 Å². The first kappa shape index (κ1) is 20.0. The number of aromatic nitrogens is 2. The first-order valence-electron chi connectivity index (χ1n) is 9.79. The maximum atomic E-state index is 11.6. The molecule has 150 valence electrons. The zero-order valence-electron chi connectivity index (χ0n) is 15.9. The van der Waals surface area contributed by atoms with Gasteiger partial charge in [-0.3, -0.25) is 0 Å². The van der Waals surface area contributed by atoms with Crippen LogP contribution >= 0.6 is 0 Å². The molecule has 8 nitrogen and oxygen atoms in total. The summed E-state index contributed by atoms with van der Waals surface area (Å²) < 4.78 is 24.8. The van der Waals surface area contributed by atoms with Crippen LogP contribution in [0.2, 0.25) is 0 Å². The molecule has 2 heterocycles. The van der Waals surface area contributed by atoms with Crippen molar-refractivity contribution in [2.75, 3.05) is 36.5 Å². The van der Waals surface area contributed by atoms with Crippen LogP contribution in [0.4, 0.5) is 11.8 Å². The Hall–Kier alpha value is -1.74. The largest absolute Gasteiger partial charge is 0.369 e. The predicted molar refractivity (Wildman–Crippen MR) is 108 cm³/mol. The van der Waals surface area contributed by atoms with Crippen molar-refractivity contribution in [2.45, 2.75) is 51.0 Å². The smallest absolute Gasteiger partial charge is 0.224 e. The van der Waals surface area contributed by atoms with E-state index in [1.54, 1.807) is 6.20 Å². The average Bonchev–Trinajstić information content (AvgIpc) is 2.67. The summed E-state index contributed by atoms with van der Waals surface area (Å²) in [7, 11) is -3.12. The lowest BCUT2D eigenvalue weighted by Gasteiger charge is -2.30. The highest BCUT2D eigenvalue weighted by atomic mass is 32.2. The van der Waals surface area contributed by atoms with E-state index in [9.17, 15) is 8.42 Å². The van der Waals surface area contributed by atoms with Crippen molar-refractivity contribution in [3.63, 3.8) is 0 Å². The summed E-state index contributed by atoms with van der Waals surface area (Å²) in [6.45, 7) is 1.91. The van der Waals surface area contributed by atoms with E-state index in [-0.39, 0.29) is 6.04 Å². The maximum absolute atomic E-state index is 11.6. The summed E-state index contributed by atoms with van der Waals surface area (Å²) in [5.41, 5.74) is 0.684. The third-order valence-electron chi connectivity index (χ3n) is 5.51. The van der Waals surface area contributed by atoms with Crippen molar-refractivity contribution in [1.29, 1.82) is 5.41 Å². The molecule has 2 fully saturated rings. The summed E-state index contributed by atoms with van der Waals surface area (Å²) in [5.74, 6) is 1.90. The van der Waals surface area contributed by atoms with Crippen LogP contribution in [0.1, 0.15) is 50.5 Å². The third-order valence-corrected chi connectivity index (χ3v) is 6.81. The van der Waals surface area contributed by atoms with Crippen LogP contribution in [0.25, 0.3) is 0 Å². The fourth-order valence-electron chi connectivity index (χ4n) is 3.85. The van der Waals surface area contributed by atoms with E-state index in [1.165, 1.54) is 48.9 Å². The Morgan fingerprint density at radius 1 is 1.22 bits per heavy atom. The van der Waals surface area contributed by atoms with Crippen LogP contribution < -0.4 is 10.6 Å². The molecular formula is C18H30N6O2S. The fourth-order valence-corrected chi connectivity index (χ4v) is 4.73.